The van der Waals surface area contributed by atoms with Crippen LogP contribution in [-0.4, -0.2) is 141 Å². The molecule has 1 saturated carbocycles. The number of hydrogen-bond acceptors (Lipinski definition) is 14. The number of rotatable bonds is 17. The molecule has 1 aliphatic heterocycles. The second-order valence-electron chi connectivity index (χ2n) is 18.4. The molecule has 20 heteroatoms. The fraction of sp³-hybridized carbons (Fsp3) is 0.340. The Hall–Kier alpha value is -7.71. The normalized spacial score (nSPS) is 14.3. The van der Waals surface area contributed by atoms with E-state index in [1.807, 2.05) is 68.5 Å². The minimum absolute atomic E-state index is 0.00190. The lowest BCUT2D eigenvalue weighted by atomic mass is 10.1. The predicted octanol–water partition coefficient (Wildman–Crippen LogP) is 6.81. The standard InChI is InChI=1S/C50H56F2N16O2/c1-30(27-67(29-43-55-37-15-14-35(51)44(52)45(37)59-43)50-61-49(66-22-19-63(4)20-23-66)60-46-33(31-12-13-31)26-54-68(46)50)47(69)56-38-24-39(42(70-7)25-41(38)64(5)21-18-62(2)3)58-48-53-17-16-36(57-48)34-28-65(6)40-11-9-8-10-32(34)40/h8-11,14-17,24-26,28,31H,1,12-13,18-23,27,29H2,2-7H3,(H,55,59)(H,56,69)(H,53,57,58). The molecule has 0 atom stereocenters. The molecule has 2 fully saturated rings. The van der Waals surface area contributed by atoms with Crippen LogP contribution >= 0.6 is 0 Å². The molecule has 8 aromatic rings. The lowest BCUT2D eigenvalue weighted by molar-refractivity contribution is -0.112. The first-order valence-corrected chi connectivity index (χ1v) is 23.3. The quantitative estimate of drug-likeness (QED) is 0.0815. The zero-order chi connectivity index (χ0) is 48.8. The summed E-state index contributed by atoms with van der Waals surface area (Å²) in [5, 5.41) is 12.4. The van der Waals surface area contributed by atoms with Crippen LogP contribution in [0.3, 0.4) is 0 Å². The number of nitrogens with zero attached hydrogens (tertiary/aromatic N) is 13. The molecule has 0 unspecified atom stereocenters. The summed E-state index contributed by atoms with van der Waals surface area (Å²) in [5.41, 5.74) is 6.54. The number of fused-ring (bicyclic) bond motifs is 3. The summed E-state index contributed by atoms with van der Waals surface area (Å²) in [6.07, 6.45) is 7.66. The summed E-state index contributed by atoms with van der Waals surface area (Å²) in [6.45, 7) is 8.73. The lowest BCUT2D eigenvalue weighted by Crippen LogP contribution is -2.45. The molecule has 5 aromatic heterocycles. The highest BCUT2D eigenvalue weighted by molar-refractivity contribution is 6.06. The Morgan fingerprint density at radius 1 is 0.957 bits per heavy atom. The van der Waals surface area contributed by atoms with E-state index >= 15 is 4.39 Å². The summed E-state index contributed by atoms with van der Waals surface area (Å²) in [7, 11) is 11.6. The van der Waals surface area contributed by atoms with Crippen LogP contribution in [0.5, 0.6) is 5.75 Å². The van der Waals surface area contributed by atoms with Crippen LogP contribution in [0.25, 0.3) is 38.8 Å². The summed E-state index contributed by atoms with van der Waals surface area (Å²) >= 11 is 0. The monoisotopic (exact) mass is 950 g/mol. The molecule has 0 radical (unpaired) electrons. The molecule has 1 aliphatic carbocycles. The Balaban J connectivity index is 0.999. The van der Waals surface area contributed by atoms with Crippen LogP contribution in [0.4, 0.5) is 43.7 Å². The molecule has 0 bridgehead atoms. The van der Waals surface area contributed by atoms with Crippen molar-refractivity contribution in [3.8, 4) is 17.0 Å². The number of hydrogen-bond donors (Lipinski definition) is 3. The third kappa shape index (κ3) is 9.26. The molecule has 3 N–H and O–H groups in total. The van der Waals surface area contributed by atoms with E-state index in [4.69, 9.17) is 24.8 Å². The highest BCUT2D eigenvalue weighted by Gasteiger charge is 2.31. The van der Waals surface area contributed by atoms with Gasteiger partial charge in [0.1, 0.15) is 17.1 Å². The van der Waals surface area contributed by atoms with Gasteiger partial charge < -0.3 is 49.4 Å². The zero-order valence-electron chi connectivity index (χ0n) is 40.2. The number of carbonyl (C=O) groups is 1. The van der Waals surface area contributed by atoms with Gasteiger partial charge in [0.2, 0.25) is 17.8 Å². The first-order valence-electron chi connectivity index (χ1n) is 23.3. The average Bonchev–Trinajstić information content (AvgIpc) is 3.82. The number of anilines is 6. The molecule has 0 spiro atoms. The van der Waals surface area contributed by atoms with E-state index in [0.717, 1.165) is 66.3 Å². The van der Waals surface area contributed by atoms with Crippen LogP contribution in [0.15, 0.2) is 85.3 Å². The van der Waals surface area contributed by atoms with Crippen molar-refractivity contribution < 1.29 is 18.3 Å². The smallest absolute Gasteiger partial charge is 0.252 e. The van der Waals surface area contributed by atoms with Crippen molar-refractivity contribution in [1.29, 1.82) is 0 Å². The van der Waals surface area contributed by atoms with Crippen molar-refractivity contribution >= 4 is 68.4 Å². The van der Waals surface area contributed by atoms with Gasteiger partial charge in [-0.2, -0.15) is 19.6 Å². The average molecular weight is 951 g/mol. The molecule has 6 heterocycles. The Bertz CT molecular complexity index is 3260. The molecule has 2 aliphatic rings. The Kier molecular flexibility index (Phi) is 12.5. The third-order valence-electron chi connectivity index (χ3n) is 13.0. The van der Waals surface area contributed by atoms with E-state index in [1.165, 1.54) is 6.07 Å². The minimum Gasteiger partial charge on any atom is -0.494 e. The summed E-state index contributed by atoms with van der Waals surface area (Å²) in [6, 6.07) is 16.2. The maximum absolute atomic E-state index is 15.1. The number of ether oxygens (including phenoxy) is 1. The molecular weight excluding hydrogens is 895 g/mol. The number of aromatic amines is 1. The number of amides is 1. The molecule has 18 nitrogen and oxygen atoms in total. The molecule has 10 rings (SSSR count). The zero-order valence-corrected chi connectivity index (χ0v) is 40.2. The second kappa shape index (κ2) is 19.0. The van der Waals surface area contributed by atoms with Gasteiger partial charge in [-0.05, 0) is 70.2 Å². The van der Waals surface area contributed by atoms with Gasteiger partial charge in [-0.25, -0.2) is 23.7 Å². The van der Waals surface area contributed by atoms with Gasteiger partial charge in [0.05, 0.1) is 54.7 Å². The molecule has 3 aromatic carbocycles. The lowest BCUT2D eigenvalue weighted by Gasteiger charge is -2.33. The number of benzene rings is 3. The van der Waals surface area contributed by atoms with Crippen molar-refractivity contribution in [2.24, 2.45) is 7.05 Å². The summed E-state index contributed by atoms with van der Waals surface area (Å²) in [4.78, 5) is 52.4. The summed E-state index contributed by atoms with van der Waals surface area (Å²) in [5.74, 6) is -0.126. The number of halogens is 2. The van der Waals surface area contributed by atoms with Crippen LogP contribution < -0.4 is 30.1 Å². The number of para-hydroxylation sites is 1. The van der Waals surface area contributed by atoms with Gasteiger partial charge in [-0.3, -0.25) is 4.79 Å². The number of imidazole rings is 1. The highest BCUT2D eigenvalue weighted by atomic mass is 19.2. The second-order valence-corrected chi connectivity index (χ2v) is 18.4. The van der Waals surface area contributed by atoms with Crippen molar-refractivity contribution in [1.82, 2.24) is 53.9 Å². The fourth-order valence-electron chi connectivity index (χ4n) is 8.90. The van der Waals surface area contributed by atoms with Crippen molar-refractivity contribution in [3.63, 3.8) is 0 Å². The van der Waals surface area contributed by atoms with Crippen molar-refractivity contribution in [2.75, 3.05) is 106 Å². The van der Waals surface area contributed by atoms with Gasteiger partial charge in [0, 0.05) is 99.4 Å². The van der Waals surface area contributed by atoms with Crippen molar-refractivity contribution in [2.45, 2.75) is 25.3 Å². The Morgan fingerprint density at radius 2 is 1.76 bits per heavy atom. The van der Waals surface area contributed by atoms with Crippen LogP contribution in [0.2, 0.25) is 0 Å². The van der Waals surface area contributed by atoms with E-state index < -0.39 is 17.5 Å². The molecule has 1 amide bonds. The number of carbonyl (C=O) groups excluding carboxylic acids is 1. The van der Waals surface area contributed by atoms with E-state index in [2.05, 4.69) is 76.8 Å². The number of piperazine rings is 1. The topological polar surface area (TPSA) is 169 Å². The van der Waals surface area contributed by atoms with Crippen molar-refractivity contribution in [3.05, 3.63) is 108 Å². The van der Waals surface area contributed by atoms with Gasteiger partial charge in [-0.15, -0.1) is 0 Å². The van der Waals surface area contributed by atoms with E-state index in [1.54, 1.807) is 23.9 Å². The number of likely N-dealkylation sites (N-methyl/N-ethyl adjacent to an activating group) is 3. The molecule has 1 saturated heterocycles. The predicted molar refractivity (Wildman–Crippen MR) is 269 cm³/mol. The molecule has 362 valence electrons. The first kappa shape index (κ1) is 46.0. The number of H-pyrrole nitrogens is 1. The van der Waals surface area contributed by atoms with Gasteiger partial charge >= 0.3 is 0 Å². The fourth-order valence-corrected chi connectivity index (χ4v) is 8.90. The third-order valence-corrected chi connectivity index (χ3v) is 13.0. The van der Waals surface area contributed by atoms with E-state index in [-0.39, 0.29) is 24.2 Å². The van der Waals surface area contributed by atoms with Crippen LogP contribution in [0, 0.1) is 11.6 Å². The number of aryl methyl sites for hydroxylation is 1. The SMILES string of the molecule is C=C(CN(Cc1nc2c(F)c(F)ccc2[nH]1)c1nc(N2CCN(C)CC2)nc2c(C3CC3)cnn12)C(=O)Nc1cc(Nc2nccc(-c3cn(C)c4ccccc34)n2)c(OC)cc1N(C)CCN(C)C. The van der Waals surface area contributed by atoms with E-state index in [0.29, 0.717) is 83.2 Å². The van der Waals surface area contributed by atoms with Crippen LogP contribution in [-0.2, 0) is 18.4 Å². The minimum atomic E-state index is -1.05. The first-order chi connectivity index (χ1) is 33.8. The maximum atomic E-state index is 15.1. The number of aromatic nitrogens is 9. The maximum Gasteiger partial charge on any atom is 0.252 e. The van der Waals surface area contributed by atoms with Gasteiger partial charge in [-0.1, -0.05) is 24.8 Å². The largest absolute Gasteiger partial charge is 0.494 e. The molecular formula is C50H56F2N16O2. The summed E-state index contributed by atoms with van der Waals surface area (Å²) < 4.78 is 39.2. The Morgan fingerprint density at radius 3 is 2.53 bits per heavy atom. The van der Waals surface area contributed by atoms with Gasteiger partial charge in [0.25, 0.3) is 5.91 Å². The highest BCUT2D eigenvalue weighted by Crippen LogP contribution is 2.43. The number of methoxy groups -OCH3 is 1. The van der Waals surface area contributed by atoms with E-state index in [9.17, 15) is 9.18 Å². The molecule has 70 heavy (non-hydrogen) atoms. The Labute approximate surface area is 403 Å². The van der Waals surface area contributed by atoms with Crippen LogP contribution in [0.1, 0.15) is 30.1 Å². The van der Waals surface area contributed by atoms with Gasteiger partial charge in [0.15, 0.2) is 17.3 Å². The number of nitrogens with one attached hydrogen (secondary N) is 3.